The van der Waals surface area contributed by atoms with Crippen molar-refractivity contribution < 1.29 is 46.9 Å². The van der Waals surface area contributed by atoms with Gasteiger partial charge in [-0.1, -0.05) is 12.2 Å². The maximum Gasteiger partial charge on any atom is 0.508 e. The van der Waals surface area contributed by atoms with Gasteiger partial charge in [-0.3, -0.25) is 23.0 Å². The number of fused-ring (bicyclic) bond motifs is 4. The van der Waals surface area contributed by atoms with E-state index in [1.807, 2.05) is 0 Å². The topological polar surface area (TPSA) is 219 Å². The summed E-state index contributed by atoms with van der Waals surface area (Å²) in [5, 5.41) is 12.7. The second-order valence-electron chi connectivity index (χ2n) is 11.8. The minimum absolute atomic E-state index is 0.0151. The van der Waals surface area contributed by atoms with Crippen LogP contribution in [-0.4, -0.2) is 107 Å². The number of alkyl halides is 1. The molecule has 9 atom stereocenters. The van der Waals surface area contributed by atoms with Crippen molar-refractivity contribution in [2.75, 3.05) is 25.5 Å². The molecule has 0 amide bonds. The van der Waals surface area contributed by atoms with Crippen LogP contribution >= 0.6 is 30.8 Å². The molecule has 8 rings (SSSR count). The number of hydrogen-bond donors (Lipinski definition) is 3. The number of carbonyl (C=O) groups is 1. The second-order valence-corrected chi connectivity index (χ2v) is 15.7. The van der Waals surface area contributed by atoms with Crippen LogP contribution in [0.5, 0.6) is 0 Å². The van der Waals surface area contributed by atoms with Crippen molar-refractivity contribution in [1.29, 1.82) is 0 Å². The average Bonchev–Trinajstić information content (AvgIpc) is 3.78. The molecule has 0 spiro atoms. The molecule has 262 valence electrons. The standard InChI is InChI=1S/C27H30FN8O10PS2/c28-16-19-14(44-25(16)35-6-12-2-1-5-49-23-15(12)21(35)30-9-31-23)7-41-27(39)45-20-18(37)13(8-42-47(40,48)46-19)43-26(20)36-11-32-17-22(36)33-10-34(4-3-29)24(17)38/h6,9-11,13-14,16,18-20,25-26,37H,1-5,7-8,29H2,(H,40,48)/t13-,14-,16-,18-,19-,20-,25-,26-,47?/m1/s1. The highest BCUT2D eigenvalue weighted by Crippen LogP contribution is 2.57. The molecular weight excluding hydrogens is 710 g/mol. The zero-order valence-electron chi connectivity index (χ0n) is 25.4. The zero-order valence-corrected chi connectivity index (χ0v) is 28.0. The number of cyclic esters (lactones) is 1. The Labute approximate surface area is 285 Å². The van der Waals surface area contributed by atoms with Gasteiger partial charge in [0.15, 0.2) is 35.9 Å². The normalized spacial score (nSPS) is 33.7. The first-order chi connectivity index (χ1) is 23.6. The molecule has 8 heterocycles. The Morgan fingerprint density at radius 1 is 1.06 bits per heavy atom. The number of aliphatic hydroxyl groups excluding tert-OH is 1. The van der Waals surface area contributed by atoms with Gasteiger partial charge in [-0.15, -0.1) is 11.8 Å². The molecule has 2 bridgehead atoms. The highest BCUT2D eigenvalue weighted by molar-refractivity contribution is 8.44. The van der Waals surface area contributed by atoms with Crippen LogP contribution in [0.1, 0.15) is 24.4 Å². The molecule has 18 nitrogen and oxygen atoms in total. The smallest absolute Gasteiger partial charge is 0.431 e. The Morgan fingerprint density at radius 3 is 2.73 bits per heavy atom. The van der Waals surface area contributed by atoms with Crippen molar-refractivity contribution in [1.82, 2.24) is 33.6 Å². The Kier molecular flexibility index (Phi) is 8.68. The van der Waals surface area contributed by atoms with Crippen molar-refractivity contribution in [2.24, 2.45) is 5.73 Å². The van der Waals surface area contributed by atoms with Crippen molar-refractivity contribution >= 4 is 59.2 Å². The van der Waals surface area contributed by atoms with E-state index in [9.17, 15) is 19.3 Å². The minimum atomic E-state index is -4.36. The van der Waals surface area contributed by atoms with E-state index in [0.717, 1.165) is 34.6 Å². The van der Waals surface area contributed by atoms with Gasteiger partial charge in [0.2, 0.25) is 0 Å². The van der Waals surface area contributed by atoms with E-state index in [1.54, 1.807) is 18.0 Å². The number of carbonyl (C=O) groups excluding carboxylic acids is 1. The van der Waals surface area contributed by atoms with Gasteiger partial charge in [0.05, 0.1) is 18.3 Å². The number of imidazole rings is 1. The number of aromatic nitrogens is 7. The van der Waals surface area contributed by atoms with Gasteiger partial charge >= 0.3 is 13.0 Å². The fourth-order valence-corrected chi connectivity index (χ4v) is 8.97. The number of thiol groups is 1. The van der Waals surface area contributed by atoms with Crippen molar-refractivity contribution in [3.05, 3.63) is 41.1 Å². The lowest BCUT2D eigenvalue weighted by Crippen LogP contribution is -2.38. The van der Waals surface area contributed by atoms with Crippen molar-refractivity contribution in [3.63, 3.8) is 0 Å². The van der Waals surface area contributed by atoms with Gasteiger partial charge < -0.3 is 34.4 Å². The number of aryl methyl sites for hydroxylation is 1. The molecule has 49 heavy (non-hydrogen) atoms. The molecule has 3 saturated heterocycles. The Hall–Kier alpha value is -3.14. The molecule has 4 aromatic heterocycles. The van der Waals surface area contributed by atoms with Crippen LogP contribution < -0.4 is 11.3 Å². The average molecular weight is 741 g/mol. The first kappa shape index (κ1) is 33.0. The summed E-state index contributed by atoms with van der Waals surface area (Å²) in [5.41, 5.74) is 6.56. The van der Waals surface area contributed by atoms with Crippen LogP contribution in [0.15, 0.2) is 35.0 Å². The molecule has 0 aromatic carbocycles. The summed E-state index contributed by atoms with van der Waals surface area (Å²) < 4.78 is 68.0. The monoisotopic (exact) mass is 740 g/mol. The predicted octanol–water partition coefficient (Wildman–Crippen LogP) is 1.50. The fraction of sp³-hybridized carbons (Fsp3) is 0.556. The summed E-state index contributed by atoms with van der Waals surface area (Å²) in [6.07, 6.45) is -5.56. The summed E-state index contributed by atoms with van der Waals surface area (Å²) in [6.45, 7) is -5.12. The molecule has 22 heteroatoms. The SMILES string of the molecule is NCCn1cnc2c(ncn2[C@@H]2O[C@@H]3COP(=O)(S)O[C@H]4[C@@H](F)[C@H](n5cc6c7c(ncnc75)SCCC6)O[C@@H]4COC(=O)O[C@@H]2[C@@H]3O)c1=O. The second kappa shape index (κ2) is 12.9. The summed E-state index contributed by atoms with van der Waals surface area (Å²) in [5.74, 6) is 0.881. The van der Waals surface area contributed by atoms with Gasteiger partial charge in [-0.2, -0.15) is 0 Å². The van der Waals surface area contributed by atoms with E-state index < -0.39 is 80.9 Å². The molecule has 4 aromatic rings. The number of halogens is 1. The van der Waals surface area contributed by atoms with Crippen molar-refractivity contribution in [3.8, 4) is 0 Å². The lowest BCUT2D eigenvalue weighted by Gasteiger charge is -2.24. The number of ether oxygens (including phenoxy) is 4. The van der Waals surface area contributed by atoms with E-state index >= 15 is 4.39 Å². The molecule has 4 aliphatic rings. The zero-order chi connectivity index (χ0) is 34.0. The lowest BCUT2D eigenvalue weighted by atomic mass is 10.1. The van der Waals surface area contributed by atoms with Gasteiger partial charge in [0.1, 0.15) is 54.4 Å². The maximum atomic E-state index is 16.3. The quantitative estimate of drug-likeness (QED) is 0.117. The fourth-order valence-electron chi connectivity index (χ4n) is 6.52. The Morgan fingerprint density at radius 2 is 1.90 bits per heavy atom. The first-order valence-electron chi connectivity index (χ1n) is 15.3. The number of nitrogens with zero attached hydrogens (tertiary/aromatic N) is 7. The maximum absolute atomic E-state index is 16.3. The molecule has 4 aliphatic heterocycles. The summed E-state index contributed by atoms with van der Waals surface area (Å²) in [4.78, 5) is 43.2. The molecule has 3 N–H and O–H groups in total. The Bertz CT molecular complexity index is 2030. The number of hydrogen-bond acceptors (Lipinski definition) is 16. The van der Waals surface area contributed by atoms with Crippen LogP contribution in [0.3, 0.4) is 0 Å². The number of nitrogens with two attached hydrogens (primary N) is 1. The largest absolute Gasteiger partial charge is 0.508 e. The van der Waals surface area contributed by atoms with Crippen LogP contribution in [0, 0.1) is 0 Å². The number of thioether (sulfide) groups is 1. The Balaban J connectivity index is 1.08. The van der Waals surface area contributed by atoms with Crippen molar-refractivity contribution in [2.45, 2.75) is 73.6 Å². The molecule has 0 saturated carbocycles. The van der Waals surface area contributed by atoms with Gasteiger partial charge in [0.25, 0.3) is 5.56 Å². The minimum Gasteiger partial charge on any atom is -0.431 e. The van der Waals surface area contributed by atoms with E-state index in [1.165, 1.54) is 32.7 Å². The number of rotatable bonds is 4. The van der Waals surface area contributed by atoms with Gasteiger partial charge in [-0.25, -0.2) is 33.7 Å². The highest BCUT2D eigenvalue weighted by atomic mass is 32.7. The number of aliphatic hydroxyl groups is 1. The molecule has 1 unspecified atom stereocenters. The summed E-state index contributed by atoms with van der Waals surface area (Å²) in [7, 11) is 0. The summed E-state index contributed by atoms with van der Waals surface area (Å²) >= 11 is 5.67. The lowest BCUT2D eigenvalue weighted by molar-refractivity contribution is -0.0831. The third-order valence-corrected chi connectivity index (χ3v) is 11.5. The van der Waals surface area contributed by atoms with Crippen LogP contribution in [-0.2, 0) is 45.5 Å². The van der Waals surface area contributed by atoms with Crippen LogP contribution in [0.2, 0.25) is 0 Å². The molecule has 0 aliphatic carbocycles. The third kappa shape index (κ3) is 5.83. The van der Waals surface area contributed by atoms with E-state index in [2.05, 4.69) is 32.2 Å². The third-order valence-electron chi connectivity index (χ3n) is 8.79. The van der Waals surface area contributed by atoms with Gasteiger partial charge in [0, 0.05) is 19.3 Å². The van der Waals surface area contributed by atoms with E-state index in [-0.39, 0.29) is 24.3 Å². The van der Waals surface area contributed by atoms with E-state index in [0.29, 0.717) is 5.65 Å². The van der Waals surface area contributed by atoms with Crippen LogP contribution in [0.4, 0.5) is 9.18 Å². The van der Waals surface area contributed by atoms with E-state index in [4.69, 9.17) is 33.7 Å². The first-order valence-corrected chi connectivity index (χ1v) is 19.0. The summed E-state index contributed by atoms with van der Waals surface area (Å²) in [6, 6.07) is 0. The van der Waals surface area contributed by atoms with Gasteiger partial charge in [-0.05, 0) is 24.2 Å². The molecule has 0 radical (unpaired) electrons. The highest BCUT2D eigenvalue weighted by Gasteiger charge is 2.53. The molecule has 3 fully saturated rings. The molecular formula is C27H30FN8O10PS2. The van der Waals surface area contributed by atoms with Crippen LogP contribution in [0.25, 0.3) is 22.2 Å². The predicted molar refractivity (Wildman–Crippen MR) is 170 cm³/mol.